The zero-order chi connectivity index (χ0) is 8.97. The minimum atomic E-state index is 0.702. The molecule has 0 spiro atoms. The van der Waals surface area contributed by atoms with Crippen molar-refractivity contribution in [3.05, 3.63) is 39.9 Å². The van der Waals surface area contributed by atoms with Crippen LogP contribution in [0.15, 0.2) is 24.3 Å². The van der Waals surface area contributed by atoms with Crippen LogP contribution < -0.4 is 0 Å². The maximum Gasteiger partial charge on any atom is 0.0479 e. The SMILES string of the molecule is Clc1ccc(Cl)c(/C=C/CBr)c1. The minimum Gasteiger partial charge on any atom is -0.0883 e. The van der Waals surface area contributed by atoms with Gasteiger partial charge in [0.25, 0.3) is 0 Å². The minimum absolute atomic E-state index is 0.702. The Morgan fingerprint density at radius 3 is 2.75 bits per heavy atom. The molecule has 3 heteroatoms. The van der Waals surface area contributed by atoms with E-state index in [2.05, 4.69) is 15.9 Å². The Labute approximate surface area is 90.3 Å². The smallest absolute Gasteiger partial charge is 0.0479 e. The summed E-state index contributed by atoms with van der Waals surface area (Å²) in [6, 6.07) is 5.40. The maximum absolute atomic E-state index is 5.91. The van der Waals surface area contributed by atoms with Crippen molar-refractivity contribution >= 4 is 45.2 Å². The van der Waals surface area contributed by atoms with Crippen LogP contribution in [0.3, 0.4) is 0 Å². The highest BCUT2D eigenvalue weighted by molar-refractivity contribution is 9.09. The highest BCUT2D eigenvalue weighted by atomic mass is 79.9. The molecule has 0 aliphatic carbocycles. The van der Waals surface area contributed by atoms with E-state index in [0.717, 1.165) is 15.9 Å². The summed E-state index contributed by atoms with van der Waals surface area (Å²) in [5.41, 5.74) is 0.948. The molecule has 0 aliphatic rings. The fraction of sp³-hybridized carbons (Fsp3) is 0.111. The molecule has 12 heavy (non-hydrogen) atoms. The molecule has 0 N–H and O–H groups in total. The molecule has 1 rings (SSSR count). The van der Waals surface area contributed by atoms with E-state index in [4.69, 9.17) is 23.2 Å². The monoisotopic (exact) mass is 264 g/mol. The molecule has 1 aromatic rings. The van der Waals surface area contributed by atoms with E-state index >= 15 is 0 Å². The number of allylic oxidation sites excluding steroid dienone is 1. The quantitative estimate of drug-likeness (QED) is 0.696. The van der Waals surface area contributed by atoms with Gasteiger partial charge in [-0.2, -0.15) is 0 Å². The molecule has 0 saturated heterocycles. The number of halogens is 3. The first-order valence-corrected chi connectivity index (χ1v) is 5.29. The molecule has 0 aromatic heterocycles. The van der Waals surface area contributed by atoms with Gasteiger partial charge in [0.15, 0.2) is 0 Å². The Morgan fingerprint density at radius 1 is 1.33 bits per heavy atom. The highest BCUT2D eigenvalue weighted by Crippen LogP contribution is 2.21. The zero-order valence-electron chi connectivity index (χ0n) is 6.23. The summed E-state index contributed by atoms with van der Waals surface area (Å²) < 4.78 is 0. The molecular weight excluding hydrogens is 259 g/mol. The van der Waals surface area contributed by atoms with Crippen molar-refractivity contribution in [3.8, 4) is 0 Å². The van der Waals surface area contributed by atoms with Crippen LogP contribution in [0.5, 0.6) is 0 Å². The lowest BCUT2D eigenvalue weighted by Crippen LogP contribution is -1.74. The molecule has 0 radical (unpaired) electrons. The number of alkyl halides is 1. The number of benzene rings is 1. The van der Waals surface area contributed by atoms with E-state index in [1.807, 2.05) is 18.2 Å². The van der Waals surface area contributed by atoms with Crippen LogP contribution in [0.2, 0.25) is 10.0 Å². The van der Waals surface area contributed by atoms with Gasteiger partial charge in [0.1, 0.15) is 0 Å². The van der Waals surface area contributed by atoms with Crippen LogP contribution in [0.1, 0.15) is 5.56 Å². The topological polar surface area (TPSA) is 0 Å². The van der Waals surface area contributed by atoms with Crippen molar-refractivity contribution in [1.82, 2.24) is 0 Å². The summed E-state index contributed by atoms with van der Waals surface area (Å²) in [6.45, 7) is 0. The molecule has 0 nitrogen and oxygen atoms in total. The van der Waals surface area contributed by atoms with Gasteiger partial charge >= 0.3 is 0 Å². The van der Waals surface area contributed by atoms with Gasteiger partial charge in [0, 0.05) is 15.4 Å². The molecule has 64 valence electrons. The lowest BCUT2D eigenvalue weighted by atomic mass is 10.2. The fourth-order valence-corrected chi connectivity index (χ4v) is 1.36. The van der Waals surface area contributed by atoms with E-state index in [-0.39, 0.29) is 0 Å². The predicted molar refractivity (Wildman–Crippen MR) is 59.3 cm³/mol. The van der Waals surface area contributed by atoms with Gasteiger partial charge < -0.3 is 0 Å². The van der Waals surface area contributed by atoms with Crippen molar-refractivity contribution in [2.24, 2.45) is 0 Å². The summed E-state index contributed by atoms with van der Waals surface area (Å²) in [6.07, 6.45) is 3.90. The molecule has 0 fully saturated rings. The Kier molecular flexibility index (Phi) is 4.13. The van der Waals surface area contributed by atoms with Crippen LogP contribution in [0.4, 0.5) is 0 Å². The summed E-state index contributed by atoms with van der Waals surface area (Å²) in [4.78, 5) is 0. The van der Waals surface area contributed by atoms with Crippen LogP contribution in [0, 0.1) is 0 Å². The van der Waals surface area contributed by atoms with Crippen LogP contribution in [-0.4, -0.2) is 5.33 Å². The molecule has 0 aliphatic heterocycles. The van der Waals surface area contributed by atoms with E-state index in [0.29, 0.717) is 5.02 Å². The average molecular weight is 266 g/mol. The van der Waals surface area contributed by atoms with Gasteiger partial charge in [0.2, 0.25) is 0 Å². The third-order valence-corrected chi connectivity index (χ3v) is 2.30. The van der Waals surface area contributed by atoms with Gasteiger partial charge in [0.05, 0.1) is 0 Å². The van der Waals surface area contributed by atoms with E-state index < -0.39 is 0 Å². The molecule has 0 heterocycles. The number of hydrogen-bond donors (Lipinski definition) is 0. The molecule has 0 amide bonds. The molecule has 1 aromatic carbocycles. The van der Waals surface area contributed by atoms with Gasteiger partial charge in [-0.1, -0.05) is 51.3 Å². The Balaban J connectivity index is 2.97. The summed E-state index contributed by atoms with van der Waals surface area (Å²) in [5.74, 6) is 0. The first-order valence-electron chi connectivity index (χ1n) is 3.41. The van der Waals surface area contributed by atoms with Gasteiger partial charge in [-0.15, -0.1) is 0 Å². The summed E-state index contributed by atoms with van der Waals surface area (Å²) in [7, 11) is 0. The normalized spacial score (nSPS) is 10.9. The van der Waals surface area contributed by atoms with E-state index in [1.54, 1.807) is 12.1 Å². The van der Waals surface area contributed by atoms with Crippen molar-refractivity contribution in [2.45, 2.75) is 0 Å². The van der Waals surface area contributed by atoms with E-state index in [1.165, 1.54) is 0 Å². The van der Waals surface area contributed by atoms with Crippen molar-refractivity contribution in [1.29, 1.82) is 0 Å². The maximum atomic E-state index is 5.91. The molecule has 0 bridgehead atoms. The molecular formula is C9H7BrCl2. The lowest BCUT2D eigenvalue weighted by Gasteiger charge is -1.97. The predicted octanol–water partition coefficient (Wildman–Crippen LogP) is 4.40. The second-order valence-electron chi connectivity index (χ2n) is 2.22. The molecule has 0 atom stereocenters. The van der Waals surface area contributed by atoms with Gasteiger partial charge in [-0.3, -0.25) is 0 Å². The van der Waals surface area contributed by atoms with Crippen LogP contribution in [-0.2, 0) is 0 Å². The second kappa shape index (κ2) is 4.90. The van der Waals surface area contributed by atoms with Gasteiger partial charge in [-0.25, -0.2) is 0 Å². The number of rotatable bonds is 2. The highest BCUT2D eigenvalue weighted by Gasteiger charge is 1.96. The average Bonchev–Trinajstić information content (AvgIpc) is 2.07. The van der Waals surface area contributed by atoms with Crippen molar-refractivity contribution < 1.29 is 0 Å². The van der Waals surface area contributed by atoms with Gasteiger partial charge in [-0.05, 0) is 23.8 Å². The Bertz CT molecular complexity index is 295. The van der Waals surface area contributed by atoms with Crippen molar-refractivity contribution in [3.63, 3.8) is 0 Å². The Morgan fingerprint density at radius 2 is 2.08 bits per heavy atom. The first-order chi connectivity index (χ1) is 5.74. The van der Waals surface area contributed by atoms with Crippen molar-refractivity contribution in [2.75, 3.05) is 5.33 Å². The second-order valence-corrected chi connectivity index (χ2v) is 3.71. The number of hydrogen-bond acceptors (Lipinski definition) is 0. The summed E-state index contributed by atoms with van der Waals surface area (Å²) >= 11 is 15.0. The fourth-order valence-electron chi connectivity index (χ4n) is 0.814. The third kappa shape index (κ3) is 2.81. The lowest BCUT2D eigenvalue weighted by molar-refractivity contribution is 1.64. The third-order valence-electron chi connectivity index (χ3n) is 1.34. The molecule has 0 unspecified atom stereocenters. The Hall–Kier alpha value is 0.0200. The zero-order valence-corrected chi connectivity index (χ0v) is 9.33. The van der Waals surface area contributed by atoms with Crippen LogP contribution >= 0.6 is 39.1 Å². The largest absolute Gasteiger partial charge is 0.0883 e. The summed E-state index contributed by atoms with van der Waals surface area (Å²) in [5, 5.41) is 2.24. The van der Waals surface area contributed by atoms with E-state index in [9.17, 15) is 0 Å². The van der Waals surface area contributed by atoms with Crippen LogP contribution in [0.25, 0.3) is 6.08 Å². The molecule has 0 saturated carbocycles. The first kappa shape index (κ1) is 10.1. The standard InChI is InChI=1S/C9H7BrCl2/c10-5-1-2-7-6-8(11)3-4-9(7)12/h1-4,6H,5H2/b2-1+.